The van der Waals surface area contributed by atoms with E-state index in [0.29, 0.717) is 18.5 Å². The maximum atomic E-state index is 12.9. The monoisotopic (exact) mass is 330 g/mol. The second-order valence-electron chi connectivity index (χ2n) is 5.13. The van der Waals surface area contributed by atoms with Crippen molar-refractivity contribution >= 4 is 11.9 Å². The first-order chi connectivity index (χ1) is 10.9. The molecule has 0 spiro atoms. The van der Waals surface area contributed by atoms with Gasteiger partial charge in [-0.05, 0) is 19.3 Å². The molecule has 1 amide bonds. The Balaban J connectivity index is 1.73. The van der Waals surface area contributed by atoms with E-state index in [-0.39, 0.29) is 23.9 Å². The normalized spacial score (nSPS) is 17.7. The molecule has 2 aromatic heterocycles. The van der Waals surface area contributed by atoms with Crippen LogP contribution in [0.4, 0.5) is 19.1 Å². The molecule has 0 fully saturated rings. The minimum atomic E-state index is -4.54. The summed E-state index contributed by atoms with van der Waals surface area (Å²) in [7, 11) is 1.37. The Bertz CT molecular complexity index is 723. The van der Waals surface area contributed by atoms with E-state index in [4.69, 9.17) is 4.74 Å². The Hall–Kier alpha value is -2.59. The number of anilines is 1. The SMILES string of the molecule is COc1n[nH]c(NC(=O)[C@H]2CCc3[nH]nc(C(F)(F)F)c3C2)n1. The highest BCUT2D eigenvalue weighted by atomic mass is 19.4. The molecule has 0 saturated carbocycles. The number of methoxy groups -OCH3 is 1. The zero-order valence-electron chi connectivity index (χ0n) is 12.0. The number of aryl methyl sites for hydroxylation is 1. The van der Waals surface area contributed by atoms with Gasteiger partial charge in [0.25, 0.3) is 0 Å². The van der Waals surface area contributed by atoms with Crippen LogP contribution in [0.3, 0.4) is 0 Å². The number of nitrogens with one attached hydrogen (secondary N) is 3. The van der Waals surface area contributed by atoms with Crippen LogP contribution >= 0.6 is 0 Å². The van der Waals surface area contributed by atoms with Crippen LogP contribution in [-0.2, 0) is 23.8 Å². The van der Waals surface area contributed by atoms with Crippen molar-refractivity contribution in [2.45, 2.75) is 25.4 Å². The Morgan fingerprint density at radius 1 is 1.35 bits per heavy atom. The van der Waals surface area contributed by atoms with Gasteiger partial charge >= 0.3 is 12.2 Å². The van der Waals surface area contributed by atoms with Gasteiger partial charge in [0.05, 0.1) is 7.11 Å². The van der Waals surface area contributed by atoms with E-state index < -0.39 is 23.7 Å². The number of carbonyl (C=O) groups is 1. The average Bonchev–Trinajstić information content (AvgIpc) is 3.11. The van der Waals surface area contributed by atoms with Crippen molar-refractivity contribution in [3.05, 3.63) is 17.0 Å². The first kappa shape index (κ1) is 15.3. The van der Waals surface area contributed by atoms with Crippen molar-refractivity contribution in [2.24, 2.45) is 5.92 Å². The molecule has 1 aliphatic rings. The molecule has 124 valence electrons. The van der Waals surface area contributed by atoms with Crippen LogP contribution < -0.4 is 10.1 Å². The molecule has 0 radical (unpaired) electrons. The van der Waals surface area contributed by atoms with E-state index in [1.807, 2.05) is 0 Å². The number of aromatic nitrogens is 5. The summed E-state index contributed by atoms with van der Waals surface area (Å²) in [5.41, 5.74) is -0.465. The predicted octanol–water partition coefficient (Wildman–Crippen LogP) is 1.30. The van der Waals surface area contributed by atoms with Crippen LogP contribution in [0.15, 0.2) is 0 Å². The molecule has 0 aromatic carbocycles. The maximum Gasteiger partial charge on any atom is 0.435 e. The van der Waals surface area contributed by atoms with Crippen LogP contribution in [0.1, 0.15) is 23.4 Å². The number of nitrogens with zero attached hydrogens (tertiary/aromatic N) is 3. The topological polar surface area (TPSA) is 109 Å². The summed E-state index contributed by atoms with van der Waals surface area (Å²) < 4.78 is 43.5. The Kier molecular flexibility index (Phi) is 3.70. The minimum Gasteiger partial charge on any atom is -0.466 e. The van der Waals surface area contributed by atoms with E-state index in [2.05, 4.69) is 30.7 Å². The van der Waals surface area contributed by atoms with Crippen LogP contribution in [0.25, 0.3) is 0 Å². The zero-order chi connectivity index (χ0) is 16.6. The number of fused-ring (bicyclic) bond motifs is 1. The third-order valence-corrected chi connectivity index (χ3v) is 3.67. The number of ether oxygens (including phenoxy) is 1. The number of H-pyrrole nitrogens is 2. The number of carbonyl (C=O) groups excluding carboxylic acids is 1. The molecule has 3 N–H and O–H groups in total. The van der Waals surface area contributed by atoms with Gasteiger partial charge in [0, 0.05) is 17.2 Å². The average molecular weight is 330 g/mol. The molecule has 0 unspecified atom stereocenters. The highest BCUT2D eigenvalue weighted by Gasteiger charge is 2.40. The fourth-order valence-electron chi connectivity index (χ4n) is 2.57. The fourth-order valence-corrected chi connectivity index (χ4v) is 2.57. The van der Waals surface area contributed by atoms with Gasteiger partial charge in [-0.3, -0.25) is 15.2 Å². The summed E-state index contributed by atoms with van der Waals surface area (Å²) in [4.78, 5) is 16.0. The van der Waals surface area contributed by atoms with Gasteiger partial charge < -0.3 is 4.74 Å². The molecule has 0 saturated heterocycles. The summed E-state index contributed by atoms with van der Waals surface area (Å²) in [6.45, 7) is 0. The van der Waals surface area contributed by atoms with E-state index in [0.717, 1.165) is 0 Å². The second kappa shape index (κ2) is 5.56. The molecule has 11 heteroatoms. The van der Waals surface area contributed by atoms with Crippen LogP contribution in [-0.4, -0.2) is 38.4 Å². The minimum absolute atomic E-state index is 0.0300. The number of hydrogen-bond donors (Lipinski definition) is 3. The van der Waals surface area contributed by atoms with Crippen LogP contribution in [0.5, 0.6) is 6.01 Å². The quantitative estimate of drug-likeness (QED) is 0.786. The van der Waals surface area contributed by atoms with E-state index in [9.17, 15) is 18.0 Å². The summed E-state index contributed by atoms with van der Waals surface area (Å²) in [5.74, 6) is -0.943. The Morgan fingerprint density at radius 3 is 2.78 bits per heavy atom. The number of aromatic amines is 2. The summed E-state index contributed by atoms with van der Waals surface area (Å²) in [5, 5.41) is 14.4. The molecule has 1 aliphatic carbocycles. The molecule has 0 bridgehead atoms. The molecule has 1 atom stereocenters. The van der Waals surface area contributed by atoms with Gasteiger partial charge in [-0.15, -0.1) is 5.10 Å². The number of amides is 1. The first-order valence-corrected chi connectivity index (χ1v) is 6.79. The molecular weight excluding hydrogens is 317 g/mol. The van der Waals surface area contributed by atoms with Crippen LogP contribution in [0.2, 0.25) is 0 Å². The first-order valence-electron chi connectivity index (χ1n) is 6.79. The van der Waals surface area contributed by atoms with Gasteiger partial charge in [0.15, 0.2) is 5.69 Å². The van der Waals surface area contributed by atoms with Gasteiger partial charge in [0.1, 0.15) is 0 Å². The van der Waals surface area contributed by atoms with Gasteiger partial charge in [-0.1, -0.05) is 0 Å². The van der Waals surface area contributed by atoms with Crippen molar-refractivity contribution in [1.29, 1.82) is 0 Å². The number of alkyl halides is 3. The second-order valence-corrected chi connectivity index (χ2v) is 5.13. The third kappa shape index (κ3) is 2.98. The van der Waals surface area contributed by atoms with Crippen molar-refractivity contribution < 1.29 is 22.7 Å². The zero-order valence-corrected chi connectivity index (χ0v) is 12.0. The van der Waals surface area contributed by atoms with Crippen LogP contribution in [0, 0.1) is 5.92 Å². The highest BCUT2D eigenvalue weighted by molar-refractivity contribution is 5.91. The van der Waals surface area contributed by atoms with Gasteiger partial charge in [0.2, 0.25) is 11.9 Å². The Morgan fingerprint density at radius 2 is 2.13 bits per heavy atom. The third-order valence-electron chi connectivity index (χ3n) is 3.67. The molecule has 2 heterocycles. The van der Waals surface area contributed by atoms with E-state index >= 15 is 0 Å². The summed E-state index contributed by atoms with van der Waals surface area (Å²) in [6, 6.07) is 0.0559. The van der Waals surface area contributed by atoms with E-state index in [1.165, 1.54) is 7.11 Å². The Labute approximate surface area is 127 Å². The smallest absolute Gasteiger partial charge is 0.435 e. The lowest BCUT2D eigenvalue weighted by Gasteiger charge is -2.21. The van der Waals surface area contributed by atoms with Gasteiger partial charge in [-0.25, -0.2) is 5.10 Å². The number of hydrogen-bond acceptors (Lipinski definition) is 5. The molecule has 2 aromatic rings. The molecule has 8 nitrogen and oxygen atoms in total. The van der Waals surface area contributed by atoms with Crippen molar-refractivity contribution in [1.82, 2.24) is 25.4 Å². The number of halogens is 3. The molecule has 0 aliphatic heterocycles. The van der Waals surface area contributed by atoms with Crippen molar-refractivity contribution in [3.63, 3.8) is 0 Å². The van der Waals surface area contributed by atoms with E-state index in [1.54, 1.807) is 0 Å². The standard InChI is InChI=1S/C12H13F3N6O2/c1-23-11-17-10(20-21-11)16-9(22)5-2-3-7-6(4-5)8(19-18-7)12(13,14)15/h5H,2-4H2,1H3,(H,18,19)(H2,16,17,20,21,22)/t5-/m0/s1. The lowest BCUT2D eigenvalue weighted by molar-refractivity contribution is -0.142. The maximum absolute atomic E-state index is 12.9. The van der Waals surface area contributed by atoms with Gasteiger partial charge in [-0.2, -0.15) is 23.3 Å². The molecule has 3 rings (SSSR count). The lowest BCUT2D eigenvalue weighted by atomic mass is 9.85. The highest BCUT2D eigenvalue weighted by Crippen LogP contribution is 2.36. The summed E-state index contributed by atoms with van der Waals surface area (Å²) >= 11 is 0. The lowest BCUT2D eigenvalue weighted by Crippen LogP contribution is -2.29. The summed E-state index contributed by atoms with van der Waals surface area (Å²) in [6.07, 6.45) is -3.82. The molecular formula is C12H13F3N6O2. The predicted molar refractivity (Wildman–Crippen MR) is 70.7 cm³/mol. The van der Waals surface area contributed by atoms with Crippen molar-refractivity contribution in [3.8, 4) is 6.01 Å². The fraction of sp³-hybridized carbons (Fsp3) is 0.500. The van der Waals surface area contributed by atoms with Crippen molar-refractivity contribution in [2.75, 3.05) is 12.4 Å². The largest absolute Gasteiger partial charge is 0.466 e. The molecule has 23 heavy (non-hydrogen) atoms. The number of rotatable bonds is 3.